The molecule has 2 amide bonds. The summed E-state index contributed by atoms with van der Waals surface area (Å²) in [6.45, 7) is 8.22. The smallest absolute Gasteiger partial charge is 0.226 e. The molecule has 0 aliphatic carbocycles. The topological polar surface area (TPSA) is 84.0 Å². The number of hydrogen-bond donors (Lipinski definition) is 2. The molecule has 4 rings (SSSR count). The number of nitrogens with one attached hydrogen (secondary N) is 2. The third-order valence-electron chi connectivity index (χ3n) is 6.18. The second-order valence-corrected chi connectivity index (χ2v) is 11.2. The SMILES string of the molecule is Cc1ccc(C)c2sc(NC(=O)CCCCCCCC(=O)Nc3nc4c(C)ccc(C)c4s3)nc12. The molecule has 0 saturated carbocycles. The van der Waals surface area contributed by atoms with Gasteiger partial charge in [-0.25, -0.2) is 9.97 Å². The van der Waals surface area contributed by atoms with E-state index in [0.717, 1.165) is 63.7 Å². The van der Waals surface area contributed by atoms with Gasteiger partial charge in [-0.1, -0.05) is 66.2 Å². The summed E-state index contributed by atoms with van der Waals surface area (Å²) in [6.07, 6.45) is 5.62. The van der Waals surface area contributed by atoms with Crippen molar-refractivity contribution in [3.05, 3.63) is 46.5 Å². The highest BCUT2D eigenvalue weighted by Crippen LogP contribution is 2.32. The maximum absolute atomic E-state index is 12.3. The Morgan fingerprint density at radius 2 is 1.00 bits per heavy atom. The van der Waals surface area contributed by atoms with Gasteiger partial charge in [-0.2, -0.15) is 0 Å². The molecule has 0 atom stereocenters. The summed E-state index contributed by atoms with van der Waals surface area (Å²) in [5.74, 6) is 0.0279. The van der Waals surface area contributed by atoms with Crippen molar-refractivity contribution in [1.82, 2.24) is 9.97 Å². The van der Waals surface area contributed by atoms with Gasteiger partial charge >= 0.3 is 0 Å². The summed E-state index contributed by atoms with van der Waals surface area (Å²) < 4.78 is 2.27. The molecule has 0 aliphatic heterocycles. The number of amides is 2. The summed E-state index contributed by atoms with van der Waals surface area (Å²) in [6, 6.07) is 8.31. The van der Waals surface area contributed by atoms with Gasteiger partial charge in [-0.15, -0.1) is 0 Å². The first-order valence-electron chi connectivity index (χ1n) is 12.1. The number of benzene rings is 2. The quantitative estimate of drug-likeness (QED) is 0.218. The van der Waals surface area contributed by atoms with Crippen molar-refractivity contribution in [1.29, 1.82) is 0 Å². The number of carbonyl (C=O) groups excluding carboxylic acids is 2. The van der Waals surface area contributed by atoms with E-state index in [9.17, 15) is 9.59 Å². The highest BCUT2D eigenvalue weighted by molar-refractivity contribution is 7.22. The maximum Gasteiger partial charge on any atom is 0.226 e. The third-order valence-corrected chi connectivity index (χ3v) is 8.40. The molecule has 0 spiro atoms. The Morgan fingerprint density at radius 3 is 1.40 bits per heavy atom. The van der Waals surface area contributed by atoms with Crippen LogP contribution in [0.25, 0.3) is 20.4 Å². The molecule has 0 unspecified atom stereocenters. The van der Waals surface area contributed by atoms with Crippen LogP contribution < -0.4 is 10.6 Å². The van der Waals surface area contributed by atoms with Crippen LogP contribution in [0.2, 0.25) is 0 Å². The summed E-state index contributed by atoms with van der Waals surface area (Å²) in [7, 11) is 0. The minimum atomic E-state index is 0.0139. The fourth-order valence-corrected chi connectivity index (χ4v) is 6.15. The second kappa shape index (κ2) is 11.3. The Bertz CT molecular complexity index is 1190. The predicted molar refractivity (Wildman–Crippen MR) is 148 cm³/mol. The number of anilines is 2. The van der Waals surface area contributed by atoms with E-state index in [0.29, 0.717) is 23.1 Å². The Kier molecular flexibility index (Phi) is 8.13. The van der Waals surface area contributed by atoms with Crippen molar-refractivity contribution in [3.63, 3.8) is 0 Å². The van der Waals surface area contributed by atoms with E-state index in [-0.39, 0.29) is 11.8 Å². The maximum atomic E-state index is 12.3. The van der Waals surface area contributed by atoms with Gasteiger partial charge < -0.3 is 10.6 Å². The summed E-state index contributed by atoms with van der Waals surface area (Å²) >= 11 is 3.08. The standard InChI is InChI=1S/C27H32N4O2S2/c1-16-12-14-18(3)24-22(16)30-26(34-24)28-20(32)10-8-6-5-7-9-11-21(33)29-27-31-23-17(2)13-15-19(4)25(23)35-27/h12-15H,5-11H2,1-4H3,(H,28,30,32)(H,29,31,33). The molecule has 2 N–H and O–H groups in total. The van der Waals surface area contributed by atoms with E-state index in [1.165, 1.54) is 33.8 Å². The lowest BCUT2D eigenvalue weighted by atomic mass is 10.1. The summed E-state index contributed by atoms with van der Waals surface area (Å²) in [4.78, 5) is 33.8. The van der Waals surface area contributed by atoms with Crippen LogP contribution in [0.15, 0.2) is 24.3 Å². The van der Waals surface area contributed by atoms with Gasteiger partial charge in [0.2, 0.25) is 11.8 Å². The number of rotatable bonds is 10. The molecule has 2 heterocycles. The van der Waals surface area contributed by atoms with Crippen LogP contribution in [-0.4, -0.2) is 21.8 Å². The van der Waals surface area contributed by atoms with Crippen LogP contribution in [-0.2, 0) is 9.59 Å². The Morgan fingerprint density at radius 1 is 0.629 bits per heavy atom. The van der Waals surface area contributed by atoms with E-state index in [1.54, 1.807) is 0 Å². The molecular formula is C27H32N4O2S2. The molecule has 0 saturated heterocycles. The van der Waals surface area contributed by atoms with Crippen molar-refractivity contribution in [3.8, 4) is 0 Å². The molecular weight excluding hydrogens is 476 g/mol. The predicted octanol–water partition coefficient (Wildman–Crippen LogP) is 7.45. The van der Waals surface area contributed by atoms with E-state index >= 15 is 0 Å². The molecule has 6 nitrogen and oxygen atoms in total. The Labute approximate surface area is 214 Å². The van der Waals surface area contributed by atoms with Crippen LogP contribution in [0.5, 0.6) is 0 Å². The number of unbranched alkanes of at least 4 members (excludes halogenated alkanes) is 4. The number of fused-ring (bicyclic) bond motifs is 2. The number of carbonyl (C=O) groups is 2. The van der Waals surface area contributed by atoms with Crippen LogP contribution >= 0.6 is 22.7 Å². The van der Waals surface area contributed by atoms with E-state index in [2.05, 4.69) is 58.7 Å². The zero-order valence-electron chi connectivity index (χ0n) is 20.8. The first kappa shape index (κ1) is 25.3. The molecule has 4 aromatic rings. The highest BCUT2D eigenvalue weighted by Gasteiger charge is 2.12. The van der Waals surface area contributed by atoms with Crippen molar-refractivity contribution in [2.75, 3.05) is 10.6 Å². The summed E-state index contributed by atoms with van der Waals surface area (Å²) in [5.41, 5.74) is 6.57. The van der Waals surface area contributed by atoms with Gasteiger partial charge in [0.1, 0.15) is 0 Å². The fourth-order valence-electron chi connectivity index (χ4n) is 4.09. The number of aryl methyl sites for hydroxylation is 4. The number of nitrogens with zero attached hydrogens (tertiary/aromatic N) is 2. The van der Waals surface area contributed by atoms with E-state index < -0.39 is 0 Å². The summed E-state index contributed by atoms with van der Waals surface area (Å²) in [5, 5.41) is 7.25. The minimum absolute atomic E-state index is 0.0139. The van der Waals surface area contributed by atoms with Crippen molar-refractivity contribution in [2.45, 2.75) is 72.6 Å². The zero-order valence-corrected chi connectivity index (χ0v) is 22.4. The van der Waals surface area contributed by atoms with Crippen LogP contribution in [0, 0.1) is 27.7 Å². The minimum Gasteiger partial charge on any atom is -0.302 e. The average molecular weight is 509 g/mol. The Hall–Kier alpha value is -2.84. The first-order chi connectivity index (χ1) is 16.8. The number of thiazole rings is 2. The molecule has 2 aromatic carbocycles. The number of hydrogen-bond acceptors (Lipinski definition) is 6. The third kappa shape index (κ3) is 6.24. The zero-order chi connectivity index (χ0) is 24.9. The van der Waals surface area contributed by atoms with Gasteiger partial charge in [0.15, 0.2) is 10.3 Å². The van der Waals surface area contributed by atoms with Crippen LogP contribution in [0.4, 0.5) is 10.3 Å². The molecule has 0 radical (unpaired) electrons. The molecule has 184 valence electrons. The van der Waals surface area contributed by atoms with Crippen molar-refractivity contribution < 1.29 is 9.59 Å². The monoisotopic (exact) mass is 508 g/mol. The molecule has 0 bridgehead atoms. The lowest BCUT2D eigenvalue weighted by Gasteiger charge is -2.03. The van der Waals surface area contributed by atoms with Gasteiger partial charge in [0.25, 0.3) is 0 Å². The van der Waals surface area contributed by atoms with Crippen LogP contribution in [0.1, 0.15) is 67.2 Å². The van der Waals surface area contributed by atoms with Gasteiger partial charge in [-0.05, 0) is 62.8 Å². The van der Waals surface area contributed by atoms with E-state index in [4.69, 9.17) is 0 Å². The lowest BCUT2D eigenvalue weighted by molar-refractivity contribution is -0.117. The molecule has 35 heavy (non-hydrogen) atoms. The van der Waals surface area contributed by atoms with Gasteiger partial charge in [0, 0.05) is 12.8 Å². The second-order valence-electron chi connectivity index (χ2n) is 9.16. The Balaban J connectivity index is 1.12. The number of aromatic nitrogens is 2. The normalized spacial score (nSPS) is 11.3. The van der Waals surface area contributed by atoms with Gasteiger partial charge in [0.05, 0.1) is 20.4 Å². The first-order valence-corrected chi connectivity index (χ1v) is 13.8. The van der Waals surface area contributed by atoms with Crippen molar-refractivity contribution in [2.24, 2.45) is 0 Å². The lowest BCUT2D eigenvalue weighted by Crippen LogP contribution is -2.11. The molecule has 2 aromatic heterocycles. The van der Waals surface area contributed by atoms with Crippen LogP contribution in [0.3, 0.4) is 0 Å². The molecule has 0 aliphatic rings. The average Bonchev–Trinajstić information content (AvgIpc) is 3.44. The molecule has 8 heteroatoms. The van der Waals surface area contributed by atoms with Crippen molar-refractivity contribution >= 4 is 65.2 Å². The fraction of sp³-hybridized carbons (Fsp3) is 0.407. The highest BCUT2D eigenvalue weighted by atomic mass is 32.1. The van der Waals surface area contributed by atoms with E-state index in [1.807, 2.05) is 13.8 Å². The van der Waals surface area contributed by atoms with Gasteiger partial charge in [-0.3, -0.25) is 9.59 Å². The molecule has 0 fully saturated rings. The largest absolute Gasteiger partial charge is 0.302 e.